The molecule has 27 heavy (non-hydrogen) atoms. The molecule has 1 amide bonds. The smallest absolute Gasteiger partial charge is 0.307 e. The average Bonchev–Trinajstić information content (AvgIpc) is 3.25. The molecule has 2 heterocycles. The lowest BCUT2D eigenvalue weighted by atomic mass is 10.1. The lowest BCUT2D eigenvalue weighted by molar-refractivity contribution is 0.0322. The Morgan fingerprint density at radius 1 is 1.22 bits per heavy atom. The van der Waals surface area contributed by atoms with Gasteiger partial charge in [0.15, 0.2) is 5.76 Å². The number of benzene rings is 1. The van der Waals surface area contributed by atoms with Crippen molar-refractivity contribution >= 4 is 11.6 Å². The maximum absolute atomic E-state index is 11.9. The largest absolute Gasteiger partial charge is 0.492 e. The van der Waals surface area contributed by atoms with Gasteiger partial charge < -0.3 is 13.9 Å². The van der Waals surface area contributed by atoms with Crippen molar-refractivity contribution in [2.45, 2.75) is 13.3 Å². The Hall–Kier alpha value is -2.64. The Morgan fingerprint density at radius 3 is 2.67 bits per heavy atom. The maximum atomic E-state index is 11.9. The van der Waals surface area contributed by atoms with E-state index in [2.05, 4.69) is 15.4 Å². The maximum Gasteiger partial charge on any atom is 0.307 e. The second kappa shape index (κ2) is 9.89. The van der Waals surface area contributed by atoms with E-state index in [1.807, 2.05) is 31.2 Å². The Bertz CT molecular complexity index is 735. The minimum Gasteiger partial charge on any atom is -0.492 e. The molecule has 1 fully saturated rings. The summed E-state index contributed by atoms with van der Waals surface area (Å²) in [5, 5.41) is 4.22. The zero-order chi connectivity index (χ0) is 18.9. The van der Waals surface area contributed by atoms with Crippen LogP contribution in [0.2, 0.25) is 0 Å². The van der Waals surface area contributed by atoms with Crippen LogP contribution in [0.3, 0.4) is 0 Å². The number of hydrogen-bond donors (Lipinski definition) is 1. The summed E-state index contributed by atoms with van der Waals surface area (Å²) in [4.78, 5) is 14.3. The van der Waals surface area contributed by atoms with Crippen molar-refractivity contribution in [2.24, 2.45) is 5.10 Å². The van der Waals surface area contributed by atoms with Gasteiger partial charge in [0.25, 0.3) is 0 Å². The van der Waals surface area contributed by atoms with Crippen molar-refractivity contribution in [2.75, 3.05) is 39.5 Å². The fourth-order valence-corrected chi connectivity index (χ4v) is 2.79. The van der Waals surface area contributed by atoms with Gasteiger partial charge in [-0.25, -0.2) is 5.43 Å². The SMILES string of the molecule is CC/C(=N\NC(=O)c1ccco1)c1ccc(OCCN2CCOCC2)cc1. The van der Waals surface area contributed by atoms with Crippen molar-refractivity contribution in [1.82, 2.24) is 10.3 Å². The molecule has 0 spiro atoms. The molecule has 3 rings (SSSR count). The summed E-state index contributed by atoms with van der Waals surface area (Å²) >= 11 is 0. The quantitative estimate of drug-likeness (QED) is 0.570. The molecule has 1 saturated heterocycles. The van der Waals surface area contributed by atoms with Gasteiger partial charge >= 0.3 is 5.91 Å². The monoisotopic (exact) mass is 371 g/mol. The molecule has 2 aromatic rings. The number of amides is 1. The summed E-state index contributed by atoms with van der Waals surface area (Å²) in [6.45, 7) is 7.04. The van der Waals surface area contributed by atoms with Gasteiger partial charge in [0.2, 0.25) is 0 Å². The van der Waals surface area contributed by atoms with Crippen LogP contribution in [0.5, 0.6) is 5.75 Å². The van der Waals surface area contributed by atoms with E-state index < -0.39 is 0 Å². The average molecular weight is 371 g/mol. The number of carbonyl (C=O) groups is 1. The van der Waals surface area contributed by atoms with Crippen LogP contribution in [0.15, 0.2) is 52.2 Å². The van der Waals surface area contributed by atoms with Gasteiger partial charge in [-0.3, -0.25) is 9.69 Å². The van der Waals surface area contributed by atoms with Crippen LogP contribution in [0.25, 0.3) is 0 Å². The van der Waals surface area contributed by atoms with Gasteiger partial charge in [-0.15, -0.1) is 0 Å². The molecule has 1 N–H and O–H groups in total. The van der Waals surface area contributed by atoms with Gasteiger partial charge in [0.1, 0.15) is 12.4 Å². The molecule has 7 heteroatoms. The summed E-state index contributed by atoms with van der Waals surface area (Å²) in [7, 11) is 0. The van der Waals surface area contributed by atoms with Gasteiger partial charge in [0, 0.05) is 19.6 Å². The Balaban J connectivity index is 1.51. The third-order valence-corrected chi connectivity index (χ3v) is 4.34. The van der Waals surface area contributed by atoms with E-state index in [1.165, 1.54) is 6.26 Å². The molecule has 144 valence electrons. The highest BCUT2D eigenvalue weighted by Gasteiger charge is 2.10. The fraction of sp³-hybridized carbons (Fsp3) is 0.400. The van der Waals surface area contributed by atoms with E-state index in [0.29, 0.717) is 13.0 Å². The van der Waals surface area contributed by atoms with Crippen molar-refractivity contribution in [1.29, 1.82) is 0 Å². The molecule has 0 atom stereocenters. The molecule has 7 nitrogen and oxygen atoms in total. The van der Waals surface area contributed by atoms with Crippen molar-refractivity contribution in [3.63, 3.8) is 0 Å². The number of ether oxygens (including phenoxy) is 2. The third-order valence-electron chi connectivity index (χ3n) is 4.34. The summed E-state index contributed by atoms with van der Waals surface area (Å²) in [6, 6.07) is 11.0. The van der Waals surface area contributed by atoms with Crippen LogP contribution in [0, 0.1) is 0 Å². The lowest BCUT2D eigenvalue weighted by Crippen LogP contribution is -2.38. The minimum absolute atomic E-state index is 0.234. The summed E-state index contributed by atoms with van der Waals surface area (Å²) in [6.07, 6.45) is 2.15. The Kier molecular flexibility index (Phi) is 7.01. The molecule has 0 unspecified atom stereocenters. The molecular formula is C20H25N3O4. The highest BCUT2D eigenvalue weighted by molar-refractivity contribution is 6.01. The molecule has 1 aromatic carbocycles. The highest BCUT2D eigenvalue weighted by Crippen LogP contribution is 2.14. The number of rotatable bonds is 8. The number of hydrazone groups is 1. The van der Waals surface area contributed by atoms with Crippen LogP contribution in [0.1, 0.15) is 29.5 Å². The van der Waals surface area contributed by atoms with Crippen LogP contribution < -0.4 is 10.2 Å². The number of hydrogen-bond acceptors (Lipinski definition) is 6. The van der Waals surface area contributed by atoms with E-state index in [-0.39, 0.29) is 11.7 Å². The standard InChI is InChI=1S/C20H25N3O4/c1-2-18(21-22-20(24)19-4-3-12-27-19)16-5-7-17(8-6-16)26-15-11-23-9-13-25-14-10-23/h3-8,12H,2,9-11,13-15H2,1H3,(H,22,24)/b21-18+. The van der Waals surface area contributed by atoms with E-state index in [1.54, 1.807) is 12.1 Å². The molecule has 1 aliphatic heterocycles. The first-order valence-corrected chi connectivity index (χ1v) is 9.20. The zero-order valence-corrected chi connectivity index (χ0v) is 15.5. The van der Waals surface area contributed by atoms with Gasteiger partial charge in [-0.1, -0.05) is 6.92 Å². The Morgan fingerprint density at radius 2 is 2.00 bits per heavy atom. The molecule has 1 aromatic heterocycles. The normalized spacial score (nSPS) is 15.5. The van der Waals surface area contributed by atoms with Crippen molar-refractivity contribution < 1.29 is 18.7 Å². The van der Waals surface area contributed by atoms with Crippen molar-refractivity contribution in [3.8, 4) is 5.75 Å². The number of furan rings is 1. The number of nitrogens with zero attached hydrogens (tertiary/aromatic N) is 2. The van der Waals surface area contributed by atoms with E-state index >= 15 is 0 Å². The first-order valence-electron chi connectivity index (χ1n) is 9.20. The molecule has 0 aliphatic carbocycles. The molecular weight excluding hydrogens is 346 g/mol. The number of morpholine rings is 1. The third kappa shape index (κ3) is 5.67. The second-order valence-corrected chi connectivity index (χ2v) is 6.16. The summed E-state index contributed by atoms with van der Waals surface area (Å²) < 4.78 is 16.2. The minimum atomic E-state index is -0.367. The van der Waals surface area contributed by atoms with E-state index in [0.717, 1.165) is 49.9 Å². The summed E-state index contributed by atoms with van der Waals surface area (Å²) in [5.74, 6) is 0.689. The predicted octanol–water partition coefficient (Wildman–Crippen LogP) is 2.53. The molecule has 0 radical (unpaired) electrons. The van der Waals surface area contributed by atoms with E-state index in [4.69, 9.17) is 13.9 Å². The zero-order valence-electron chi connectivity index (χ0n) is 15.5. The summed E-state index contributed by atoms with van der Waals surface area (Å²) in [5.41, 5.74) is 4.26. The Labute approximate surface area is 158 Å². The molecule has 1 aliphatic rings. The fourth-order valence-electron chi connectivity index (χ4n) is 2.79. The van der Waals surface area contributed by atoms with Gasteiger partial charge in [0.05, 0.1) is 25.2 Å². The van der Waals surface area contributed by atoms with Gasteiger partial charge in [-0.05, 0) is 48.4 Å². The lowest BCUT2D eigenvalue weighted by Gasteiger charge is -2.26. The van der Waals surface area contributed by atoms with Crippen LogP contribution in [-0.4, -0.2) is 56.0 Å². The molecule has 0 bridgehead atoms. The number of carbonyl (C=O) groups excluding carboxylic acids is 1. The van der Waals surface area contributed by atoms with Crippen LogP contribution in [0.4, 0.5) is 0 Å². The van der Waals surface area contributed by atoms with Crippen LogP contribution in [-0.2, 0) is 4.74 Å². The number of nitrogens with one attached hydrogen (secondary N) is 1. The van der Waals surface area contributed by atoms with Crippen LogP contribution >= 0.6 is 0 Å². The van der Waals surface area contributed by atoms with Gasteiger partial charge in [-0.2, -0.15) is 5.10 Å². The highest BCUT2D eigenvalue weighted by atomic mass is 16.5. The first-order chi connectivity index (χ1) is 13.3. The van der Waals surface area contributed by atoms with Crippen molar-refractivity contribution in [3.05, 3.63) is 54.0 Å². The predicted molar refractivity (Wildman–Crippen MR) is 102 cm³/mol. The molecule has 0 saturated carbocycles. The first kappa shape index (κ1) is 19.1. The van der Waals surface area contributed by atoms with E-state index in [9.17, 15) is 4.79 Å². The topological polar surface area (TPSA) is 76.3 Å². The second-order valence-electron chi connectivity index (χ2n) is 6.16.